The Morgan fingerprint density at radius 3 is 2.27 bits per heavy atom. The first-order chi connectivity index (χ1) is 6.96. The molecule has 82 valence electrons. The minimum Gasteiger partial charge on any atom is -0.329 e. The highest BCUT2D eigenvalue weighted by Crippen LogP contribution is 2.54. The third-order valence-electron chi connectivity index (χ3n) is 3.09. The second kappa shape index (κ2) is 3.12. The summed E-state index contributed by atoms with van der Waals surface area (Å²) >= 11 is 0. The van der Waals surface area contributed by atoms with E-state index >= 15 is 0 Å². The summed E-state index contributed by atoms with van der Waals surface area (Å²) in [5.74, 6) is 0. The summed E-state index contributed by atoms with van der Waals surface area (Å²) in [6.45, 7) is 0. The van der Waals surface area contributed by atoms with Gasteiger partial charge in [-0.25, -0.2) is 0 Å². The van der Waals surface area contributed by atoms with Crippen LogP contribution in [0.2, 0.25) is 0 Å². The number of alkyl halides is 3. The molecule has 1 N–H and O–H groups in total. The van der Waals surface area contributed by atoms with Crippen molar-refractivity contribution in [3.8, 4) is 0 Å². The van der Waals surface area contributed by atoms with Gasteiger partial charge < -0.3 is 4.98 Å². The summed E-state index contributed by atoms with van der Waals surface area (Å²) in [7, 11) is 0. The van der Waals surface area contributed by atoms with Crippen molar-refractivity contribution in [2.24, 2.45) is 0 Å². The average Bonchev–Trinajstić information content (AvgIpc) is 2.03. The molecule has 1 aromatic heterocycles. The summed E-state index contributed by atoms with van der Waals surface area (Å²) in [5, 5.41) is 0. The number of halogens is 3. The lowest BCUT2D eigenvalue weighted by atomic mass is 9.64. The zero-order valence-electron chi connectivity index (χ0n) is 7.90. The van der Waals surface area contributed by atoms with Crippen LogP contribution in [0.5, 0.6) is 0 Å². The van der Waals surface area contributed by atoms with Crippen molar-refractivity contribution in [1.29, 1.82) is 0 Å². The first-order valence-electron chi connectivity index (χ1n) is 4.72. The van der Waals surface area contributed by atoms with Crippen LogP contribution in [0.1, 0.15) is 24.8 Å². The Bertz CT molecular complexity index is 397. The van der Waals surface area contributed by atoms with Crippen LogP contribution in [-0.2, 0) is 5.41 Å². The number of H-pyrrole nitrogens is 1. The van der Waals surface area contributed by atoms with E-state index in [1.54, 1.807) is 0 Å². The molecule has 1 aliphatic rings. The fourth-order valence-electron chi connectivity index (χ4n) is 1.97. The fourth-order valence-corrected chi connectivity index (χ4v) is 1.97. The Morgan fingerprint density at radius 1 is 1.27 bits per heavy atom. The summed E-state index contributed by atoms with van der Waals surface area (Å²) in [5.41, 5.74) is -1.94. The van der Waals surface area contributed by atoms with E-state index < -0.39 is 11.6 Å². The first kappa shape index (κ1) is 10.3. The maximum Gasteiger partial charge on any atom is 0.398 e. The molecule has 5 heteroatoms. The van der Waals surface area contributed by atoms with Crippen LogP contribution in [-0.4, -0.2) is 11.2 Å². The molecule has 1 heterocycles. The Balaban J connectivity index is 2.43. The molecule has 1 aromatic rings. The van der Waals surface area contributed by atoms with Crippen molar-refractivity contribution in [1.82, 2.24) is 4.98 Å². The molecule has 2 rings (SSSR count). The third kappa shape index (κ3) is 1.46. The maximum absolute atomic E-state index is 12.9. The van der Waals surface area contributed by atoms with E-state index in [0.29, 0.717) is 6.42 Å². The fraction of sp³-hybridized carbons (Fsp3) is 0.500. The molecule has 0 saturated heterocycles. The molecular formula is C10H10F3NO. The molecule has 0 atom stereocenters. The number of pyridine rings is 1. The van der Waals surface area contributed by atoms with Crippen LogP contribution < -0.4 is 5.56 Å². The van der Waals surface area contributed by atoms with Gasteiger partial charge in [0.15, 0.2) is 0 Å². The molecule has 0 amide bonds. The molecule has 1 saturated carbocycles. The van der Waals surface area contributed by atoms with Crippen LogP contribution in [0.3, 0.4) is 0 Å². The Hall–Kier alpha value is -1.26. The van der Waals surface area contributed by atoms with Gasteiger partial charge in [0.05, 0.1) is 5.41 Å². The van der Waals surface area contributed by atoms with Gasteiger partial charge >= 0.3 is 6.18 Å². The highest BCUT2D eigenvalue weighted by atomic mass is 19.4. The first-order valence-corrected chi connectivity index (χ1v) is 4.72. The molecule has 1 fully saturated rings. The maximum atomic E-state index is 12.9. The largest absolute Gasteiger partial charge is 0.398 e. The summed E-state index contributed by atoms with van der Waals surface area (Å²) in [4.78, 5) is 13.1. The quantitative estimate of drug-likeness (QED) is 0.769. The highest BCUT2D eigenvalue weighted by molar-refractivity contribution is 5.27. The van der Waals surface area contributed by atoms with Gasteiger partial charge in [0.2, 0.25) is 5.56 Å². The summed E-state index contributed by atoms with van der Waals surface area (Å²) in [6, 6.07) is 2.41. The van der Waals surface area contributed by atoms with Gasteiger partial charge in [-0.15, -0.1) is 0 Å². The number of aromatic amines is 1. The van der Waals surface area contributed by atoms with E-state index in [2.05, 4.69) is 4.98 Å². The molecule has 0 radical (unpaired) electrons. The normalized spacial score (nSPS) is 19.7. The minimum atomic E-state index is -4.23. The van der Waals surface area contributed by atoms with Crippen molar-refractivity contribution < 1.29 is 13.2 Å². The van der Waals surface area contributed by atoms with Crippen LogP contribution in [0, 0.1) is 0 Å². The number of nitrogens with one attached hydrogen (secondary N) is 1. The third-order valence-corrected chi connectivity index (χ3v) is 3.09. The predicted molar refractivity (Wildman–Crippen MR) is 48.6 cm³/mol. The van der Waals surface area contributed by atoms with Gasteiger partial charge in [0, 0.05) is 12.3 Å². The zero-order valence-corrected chi connectivity index (χ0v) is 7.90. The number of hydrogen-bond donors (Lipinski definition) is 1. The number of hydrogen-bond acceptors (Lipinski definition) is 1. The molecule has 0 aromatic carbocycles. The van der Waals surface area contributed by atoms with E-state index in [4.69, 9.17) is 0 Å². The smallest absolute Gasteiger partial charge is 0.329 e. The van der Waals surface area contributed by atoms with Crippen LogP contribution in [0.4, 0.5) is 13.2 Å². The van der Waals surface area contributed by atoms with Crippen LogP contribution in [0.25, 0.3) is 0 Å². The molecule has 15 heavy (non-hydrogen) atoms. The topological polar surface area (TPSA) is 32.9 Å². The molecule has 1 aliphatic carbocycles. The Labute approximate surface area is 84.1 Å². The van der Waals surface area contributed by atoms with Crippen molar-refractivity contribution in [3.05, 3.63) is 34.2 Å². The van der Waals surface area contributed by atoms with E-state index in [1.807, 2.05) is 0 Å². The minimum absolute atomic E-state index is 0.114. The lowest BCUT2D eigenvalue weighted by Crippen LogP contribution is -2.48. The van der Waals surface area contributed by atoms with Crippen molar-refractivity contribution in [2.75, 3.05) is 0 Å². The molecule has 0 spiro atoms. The summed E-state index contributed by atoms with van der Waals surface area (Å²) < 4.78 is 38.6. The SMILES string of the molecule is O=c1ccc(C2(C(F)(F)F)CCC2)c[nH]1. The van der Waals surface area contributed by atoms with Gasteiger partial charge in [-0.3, -0.25) is 4.79 Å². The monoisotopic (exact) mass is 217 g/mol. The Morgan fingerprint density at radius 2 is 1.93 bits per heavy atom. The van der Waals surface area contributed by atoms with Gasteiger partial charge in [0.25, 0.3) is 0 Å². The van der Waals surface area contributed by atoms with Crippen molar-refractivity contribution in [3.63, 3.8) is 0 Å². The molecular weight excluding hydrogens is 207 g/mol. The van der Waals surface area contributed by atoms with E-state index in [9.17, 15) is 18.0 Å². The van der Waals surface area contributed by atoms with Crippen LogP contribution >= 0.6 is 0 Å². The number of rotatable bonds is 1. The molecule has 2 nitrogen and oxygen atoms in total. The lowest BCUT2D eigenvalue weighted by Gasteiger charge is -2.43. The van der Waals surface area contributed by atoms with E-state index in [1.165, 1.54) is 12.3 Å². The van der Waals surface area contributed by atoms with Crippen LogP contribution in [0.15, 0.2) is 23.1 Å². The van der Waals surface area contributed by atoms with E-state index in [0.717, 1.165) is 6.07 Å². The lowest BCUT2D eigenvalue weighted by molar-refractivity contribution is -0.212. The summed E-state index contributed by atoms with van der Waals surface area (Å²) in [6.07, 6.45) is -2.25. The molecule has 0 unspecified atom stereocenters. The second-order valence-corrected chi connectivity index (χ2v) is 3.88. The molecule has 0 bridgehead atoms. The highest BCUT2D eigenvalue weighted by Gasteiger charge is 2.59. The molecule has 0 aliphatic heterocycles. The van der Waals surface area contributed by atoms with Gasteiger partial charge in [-0.2, -0.15) is 13.2 Å². The van der Waals surface area contributed by atoms with Gasteiger partial charge in [-0.1, -0.05) is 12.5 Å². The standard InChI is InChI=1S/C10H10F3NO/c11-10(12,13)9(4-1-5-9)7-2-3-8(15)14-6-7/h2-3,6H,1,4-5H2,(H,14,15). The van der Waals surface area contributed by atoms with E-state index in [-0.39, 0.29) is 24.0 Å². The second-order valence-electron chi connectivity index (χ2n) is 3.88. The number of aromatic nitrogens is 1. The Kier molecular flexibility index (Phi) is 2.13. The predicted octanol–water partition coefficient (Wildman–Crippen LogP) is 2.36. The van der Waals surface area contributed by atoms with Crippen molar-refractivity contribution in [2.45, 2.75) is 30.9 Å². The van der Waals surface area contributed by atoms with Gasteiger partial charge in [0.1, 0.15) is 0 Å². The zero-order chi connectivity index (χ0) is 11.1. The van der Waals surface area contributed by atoms with Gasteiger partial charge in [-0.05, 0) is 18.4 Å². The average molecular weight is 217 g/mol. The van der Waals surface area contributed by atoms with Crippen molar-refractivity contribution >= 4 is 0 Å².